The molecule has 5 rings (SSSR count). The van der Waals surface area contributed by atoms with Crippen LogP contribution >= 0.6 is 0 Å². The summed E-state index contributed by atoms with van der Waals surface area (Å²) in [6.07, 6.45) is -5.24. The molecule has 14 heteroatoms. The van der Waals surface area contributed by atoms with Gasteiger partial charge in [0, 0.05) is 51.9 Å². The summed E-state index contributed by atoms with van der Waals surface area (Å²) in [6, 6.07) is 0. The molecule has 2 bridgehead atoms. The summed E-state index contributed by atoms with van der Waals surface area (Å²) in [5.74, 6) is -9.53. The van der Waals surface area contributed by atoms with Gasteiger partial charge in [-0.25, -0.2) is 0 Å². The first-order valence-corrected chi connectivity index (χ1v) is 17.0. The van der Waals surface area contributed by atoms with Gasteiger partial charge in [-0.1, -0.05) is 27.7 Å². The van der Waals surface area contributed by atoms with Crippen LogP contribution in [0.15, 0.2) is 0 Å². The maximum atomic E-state index is 15.3. The van der Waals surface area contributed by atoms with Gasteiger partial charge in [-0.3, -0.25) is 33.6 Å². The maximum Gasteiger partial charge on any atom is 0.309 e. The molecular formula is C35H48O14. The number of fused-ring (bicyclic) bond motifs is 2. The van der Waals surface area contributed by atoms with E-state index in [-0.39, 0.29) is 25.9 Å². The van der Waals surface area contributed by atoms with Crippen LogP contribution in [0.3, 0.4) is 0 Å². The molecule has 0 aromatic heterocycles. The largest absolute Gasteiger partial charge is 0.461 e. The molecule has 1 aliphatic heterocycles. The van der Waals surface area contributed by atoms with E-state index in [0.717, 1.165) is 6.92 Å². The standard InChI is InChI=1S/C35H48O14/c1-11-22(40)46-25-16(4)12-35(49-20(8)39)24(25)29(44-17(5)36)34-14-43-33(10,31(35)45-18(6)37)27(34)23-21(13-32(23,9)48-19(7)38)26(28(34)41)47-30(42)15(2)3/h15-16,21,23-27,29,31H,11-14H2,1-10H3/t16-,21+,23-,24+,25-,26+,27-,29+,31-,32-,33+,34-,35+/m0/s1. The minimum absolute atomic E-state index is 0.00659. The molecule has 0 N–H and O–H groups in total. The number of ether oxygens (including phenoxy) is 7. The summed E-state index contributed by atoms with van der Waals surface area (Å²) in [6.45, 7) is 14.4. The first kappa shape index (κ1) is 36.7. The van der Waals surface area contributed by atoms with Crippen LogP contribution in [-0.4, -0.2) is 89.4 Å². The molecule has 4 aliphatic carbocycles. The molecule has 4 saturated carbocycles. The molecule has 5 aliphatic rings. The van der Waals surface area contributed by atoms with Gasteiger partial charge < -0.3 is 33.2 Å². The van der Waals surface area contributed by atoms with E-state index in [0.29, 0.717) is 0 Å². The number of Topliss-reactive ketones (excluding diaryl/α,β-unsaturated/α-hetero) is 1. The van der Waals surface area contributed by atoms with Gasteiger partial charge in [-0.05, 0) is 32.6 Å². The molecular weight excluding hydrogens is 644 g/mol. The van der Waals surface area contributed by atoms with E-state index in [9.17, 15) is 28.8 Å². The van der Waals surface area contributed by atoms with Gasteiger partial charge >= 0.3 is 35.8 Å². The van der Waals surface area contributed by atoms with Crippen molar-refractivity contribution < 1.29 is 66.7 Å². The van der Waals surface area contributed by atoms with E-state index in [1.165, 1.54) is 20.8 Å². The van der Waals surface area contributed by atoms with Crippen molar-refractivity contribution in [2.75, 3.05) is 6.61 Å². The van der Waals surface area contributed by atoms with Crippen molar-refractivity contribution in [1.82, 2.24) is 0 Å². The zero-order chi connectivity index (χ0) is 36.6. The monoisotopic (exact) mass is 692 g/mol. The molecule has 1 saturated heterocycles. The molecule has 14 nitrogen and oxygen atoms in total. The number of hydrogen-bond donors (Lipinski definition) is 0. The molecule has 13 atom stereocenters. The molecule has 0 aromatic rings. The predicted molar refractivity (Wildman–Crippen MR) is 165 cm³/mol. The van der Waals surface area contributed by atoms with Gasteiger partial charge in [-0.2, -0.15) is 0 Å². The van der Waals surface area contributed by atoms with Crippen LogP contribution in [0.25, 0.3) is 0 Å². The van der Waals surface area contributed by atoms with Crippen LogP contribution in [-0.2, 0) is 66.7 Å². The summed E-state index contributed by atoms with van der Waals surface area (Å²) in [7, 11) is 0. The average Bonchev–Trinajstić information content (AvgIpc) is 3.40. The lowest BCUT2D eigenvalue weighted by atomic mass is 9.42. The number of rotatable bonds is 8. The van der Waals surface area contributed by atoms with Crippen molar-refractivity contribution in [2.45, 2.75) is 130 Å². The molecule has 0 unspecified atom stereocenters. The highest BCUT2D eigenvalue weighted by atomic mass is 16.6. The lowest BCUT2D eigenvalue weighted by Crippen LogP contribution is -2.75. The normalized spacial score (nSPS) is 43.1. The van der Waals surface area contributed by atoms with Crippen LogP contribution in [0.5, 0.6) is 0 Å². The van der Waals surface area contributed by atoms with E-state index in [2.05, 4.69) is 0 Å². The molecule has 0 radical (unpaired) electrons. The van der Waals surface area contributed by atoms with Crippen molar-refractivity contribution in [2.24, 2.45) is 40.9 Å². The van der Waals surface area contributed by atoms with Gasteiger partial charge in [0.25, 0.3) is 0 Å². The van der Waals surface area contributed by atoms with Crippen molar-refractivity contribution in [1.29, 1.82) is 0 Å². The summed E-state index contributed by atoms with van der Waals surface area (Å²) in [4.78, 5) is 93.2. The van der Waals surface area contributed by atoms with Crippen LogP contribution in [0, 0.1) is 40.9 Å². The quantitative estimate of drug-likeness (QED) is 0.267. The Morgan fingerprint density at radius 1 is 0.837 bits per heavy atom. The summed E-state index contributed by atoms with van der Waals surface area (Å²) in [5.41, 5.74) is -6.53. The number of carbonyl (C=O) groups excluding carboxylic acids is 7. The highest BCUT2D eigenvalue weighted by molar-refractivity contribution is 5.95. The first-order valence-electron chi connectivity index (χ1n) is 17.0. The zero-order valence-electron chi connectivity index (χ0n) is 29.8. The Balaban J connectivity index is 1.88. The van der Waals surface area contributed by atoms with Gasteiger partial charge in [0.2, 0.25) is 0 Å². The highest BCUT2D eigenvalue weighted by Gasteiger charge is 2.86. The second kappa shape index (κ2) is 12.3. The Morgan fingerprint density at radius 2 is 1.45 bits per heavy atom. The third-order valence-electron chi connectivity index (χ3n) is 11.5. The molecule has 0 spiro atoms. The van der Waals surface area contributed by atoms with Gasteiger partial charge in [0.1, 0.15) is 23.4 Å². The lowest BCUT2D eigenvalue weighted by molar-refractivity contribution is -0.261. The van der Waals surface area contributed by atoms with E-state index in [4.69, 9.17) is 33.2 Å². The maximum absolute atomic E-state index is 15.3. The van der Waals surface area contributed by atoms with Crippen LogP contribution in [0.4, 0.5) is 0 Å². The average molecular weight is 693 g/mol. The van der Waals surface area contributed by atoms with E-state index in [1.54, 1.807) is 41.5 Å². The van der Waals surface area contributed by atoms with E-state index < -0.39 is 124 Å². The second-order valence-electron chi connectivity index (χ2n) is 15.3. The predicted octanol–water partition coefficient (Wildman–Crippen LogP) is 2.64. The molecule has 5 fully saturated rings. The Bertz CT molecular complexity index is 1450. The van der Waals surface area contributed by atoms with Crippen molar-refractivity contribution in [3.63, 3.8) is 0 Å². The summed E-state index contributed by atoms with van der Waals surface area (Å²) >= 11 is 0. The Morgan fingerprint density at radius 3 is 1.98 bits per heavy atom. The number of hydrogen-bond acceptors (Lipinski definition) is 14. The fourth-order valence-corrected chi connectivity index (χ4v) is 10.2. The van der Waals surface area contributed by atoms with E-state index >= 15 is 4.79 Å². The minimum atomic E-state index is -1.84. The Hall–Kier alpha value is -3.55. The molecule has 0 amide bonds. The van der Waals surface area contributed by atoms with E-state index in [1.807, 2.05) is 0 Å². The number of ketones is 1. The van der Waals surface area contributed by atoms with Gasteiger partial charge in [0.15, 0.2) is 23.6 Å². The zero-order valence-corrected chi connectivity index (χ0v) is 29.8. The molecule has 0 aromatic carbocycles. The highest BCUT2D eigenvalue weighted by Crippen LogP contribution is 2.73. The van der Waals surface area contributed by atoms with Crippen molar-refractivity contribution in [3.05, 3.63) is 0 Å². The third kappa shape index (κ3) is 5.43. The van der Waals surface area contributed by atoms with Crippen LogP contribution in [0.1, 0.15) is 88.5 Å². The molecule has 1 heterocycles. The van der Waals surface area contributed by atoms with Crippen molar-refractivity contribution in [3.8, 4) is 0 Å². The first-order chi connectivity index (χ1) is 22.7. The lowest BCUT2D eigenvalue weighted by Gasteiger charge is -2.64. The topological polar surface area (TPSA) is 184 Å². The number of carbonyl (C=O) groups is 7. The van der Waals surface area contributed by atoms with Crippen LogP contribution in [0.2, 0.25) is 0 Å². The third-order valence-corrected chi connectivity index (χ3v) is 11.5. The fourth-order valence-electron chi connectivity index (χ4n) is 10.2. The minimum Gasteiger partial charge on any atom is -0.461 e. The fraction of sp³-hybridized carbons (Fsp3) is 0.800. The molecule has 272 valence electrons. The smallest absolute Gasteiger partial charge is 0.309 e. The summed E-state index contributed by atoms with van der Waals surface area (Å²) < 4.78 is 43.1. The SMILES string of the molecule is CCC(=O)O[C@@H]1[C@@H]2[C@@H](OC(C)=O)[C@@]34CO[C@@](C)([C@H](OC(C)=O)[C@@]2(OC(C)=O)C[C@@H]1C)[C@@H]3[C@@H]1[C@@H](C[C@]1(C)OC(C)=O)[C@@H](OC(=O)C(C)C)C4=O. The summed E-state index contributed by atoms with van der Waals surface area (Å²) in [5, 5.41) is 0. The Kier molecular flexibility index (Phi) is 9.25. The Labute approximate surface area is 285 Å². The van der Waals surface area contributed by atoms with Gasteiger partial charge in [0.05, 0.1) is 23.9 Å². The molecule has 49 heavy (non-hydrogen) atoms. The van der Waals surface area contributed by atoms with Crippen LogP contribution < -0.4 is 0 Å². The number of esters is 6. The van der Waals surface area contributed by atoms with Crippen molar-refractivity contribution >= 4 is 41.6 Å². The van der Waals surface area contributed by atoms with Gasteiger partial charge in [-0.15, -0.1) is 0 Å². The second-order valence-corrected chi connectivity index (χ2v) is 15.3.